The summed E-state index contributed by atoms with van der Waals surface area (Å²) in [4.78, 5) is 16.3. The number of carbonyl (C=O) groups is 1. The maximum atomic E-state index is 13.9. The fourth-order valence-corrected chi connectivity index (χ4v) is 6.72. The number of halogens is 7. The Hall–Kier alpha value is -3.40. The summed E-state index contributed by atoms with van der Waals surface area (Å²) in [6, 6.07) is 17.2. The van der Waals surface area contributed by atoms with E-state index in [0.717, 1.165) is 31.5 Å². The van der Waals surface area contributed by atoms with Crippen LogP contribution in [-0.4, -0.2) is 30.0 Å². The van der Waals surface area contributed by atoms with Crippen LogP contribution in [0.3, 0.4) is 0 Å². The lowest BCUT2D eigenvalue weighted by Crippen LogP contribution is -2.48. The van der Waals surface area contributed by atoms with E-state index in [1.54, 1.807) is 12.1 Å². The summed E-state index contributed by atoms with van der Waals surface area (Å²) in [5.41, 5.74) is -2.52. The average molecular weight is 622 g/mol. The zero-order chi connectivity index (χ0) is 31.7. The van der Waals surface area contributed by atoms with Gasteiger partial charge >= 0.3 is 18.3 Å². The molecule has 0 spiro atoms. The summed E-state index contributed by atoms with van der Waals surface area (Å²) in [5, 5.41) is 0. The van der Waals surface area contributed by atoms with Crippen LogP contribution in [0.5, 0.6) is 0 Å². The summed E-state index contributed by atoms with van der Waals surface area (Å²) in [6.45, 7) is 3.02. The molecule has 0 bridgehead atoms. The normalized spacial score (nSPS) is 22.9. The highest BCUT2D eigenvalue weighted by molar-refractivity contribution is 5.83. The zero-order valence-corrected chi connectivity index (χ0v) is 24.2. The van der Waals surface area contributed by atoms with E-state index in [0.29, 0.717) is 49.3 Å². The number of likely N-dealkylation sites (tertiary alicyclic amines) is 1. The SMILES string of the molecule is CC(OC(=O)[C@]1(c2ccccc2)CC[C@@H](N2CCC(c3ccc(F)cc3)CC2)CC1)c1cc(C(F)(F)F)cc(C(F)(F)F)c1. The molecule has 0 aromatic heterocycles. The van der Waals surface area contributed by atoms with Crippen molar-refractivity contribution in [1.29, 1.82) is 0 Å². The zero-order valence-electron chi connectivity index (χ0n) is 24.2. The lowest BCUT2D eigenvalue weighted by molar-refractivity contribution is -0.158. The van der Waals surface area contributed by atoms with Crippen LogP contribution in [0.2, 0.25) is 0 Å². The topological polar surface area (TPSA) is 29.5 Å². The molecule has 0 amide bonds. The Balaban J connectivity index is 1.31. The Morgan fingerprint density at radius 3 is 1.89 bits per heavy atom. The largest absolute Gasteiger partial charge is 0.457 e. The fraction of sp³-hybridized carbons (Fsp3) is 0.441. The molecule has 3 nitrogen and oxygen atoms in total. The Kier molecular flexibility index (Phi) is 9.12. The van der Waals surface area contributed by atoms with Crippen molar-refractivity contribution < 1.29 is 40.3 Å². The Labute approximate surface area is 252 Å². The van der Waals surface area contributed by atoms with Crippen LogP contribution >= 0.6 is 0 Å². The van der Waals surface area contributed by atoms with Gasteiger partial charge in [-0.2, -0.15) is 26.3 Å². The third-order valence-electron chi connectivity index (χ3n) is 9.28. The second-order valence-electron chi connectivity index (χ2n) is 11.9. The van der Waals surface area contributed by atoms with Crippen LogP contribution in [0.15, 0.2) is 72.8 Å². The molecule has 1 saturated heterocycles. The Morgan fingerprint density at radius 1 is 0.818 bits per heavy atom. The van der Waals surface area contributed by atoms with E-state index < -0.39 is 41.0 Å². The van der Waals surface area contributed by atoms with Gasteiger partial charge in [-0.3, -0.25) is 4.79 Å². The number of hydrogen-bond donors (Lipinski definition) is 0. The molecule has 1 aliphatic carbocycles. The van der Waals surface area contributed by atoms with E-state index >= 15 is 0 Å². The molecule has 0 radical (unpaired) electrons. The number of nitrogens with zero attached hydrogens (tertiary/aromatic N) is 1. The van der Waals surface area contributed by atoms with E-state index in [1.807, 2.05) is 30.3 Å². The molecular formula is C34H34F7NO2. The quantitative estimate of drug-likeness (QED) is 0.203. The van der Waals surface area contributed by atoms with Gasteiger partial charge in [-0.25, -0.2) is 4.39 Å². The van der Waals surface area contributed by atoms with Crippen molar-refractivity contribution in [1.82, 2.24) is 4.90 Å². The van der Waals surface area contributed by atoms with Gasteiger partial charge in [-0.1, -0.05) is 42.5 Å². The number of carbonyl (C=O) groups excluding carboxylic acids is 1. The van der Waals surface area contributed by atoms with E-state index in [1.165, 1.54) is 19.1 Å². The van der Waals surface area contributed by atoms with Crippen molar-refractivity contribution >= 4 is 5.97 Å². The van der Waals surface area contributed by atoms with Gasteiger partial charge in [0, 0.05) is 6.04 Å². The minimum atomic E-state index is -5.00. The molecule has 3 aromatic rings. The van der Waals surface area contributed by atoms with Crippen LogP contribution in [0.25, 0.3) is 0 Å². The number of ether oxygens (including phenoxy) is 1. The summed E-state index contributed by atoms with van der Waals surface area (Å²) in [7, 11) is 0. The highest BCUT2D eigenvalue weighted by Gasteiger charge is 2.46. The van der Waals surface area contributed by atoms with Crippen molar-refractivity contribution in [2.45, 2.75) is 81.3 Å². The van der Waals surface area contributed by atoms with Crippen molar-refractivity contribution in [3.63, 3.8) is 0 Å². The maximum Gasteiger partial charge on any atom is 0.416 e. The highest BCUT2D eigenvalue weighted by atomic mass is 19.4. The monoisotopic (exact) mass is 621 g/mol. The average Bonchev–Trinajstić information content (AvgIpc) is 3.01. The number of piperidine rings is 1. The van der Waals surface area contributed by atoms with Crippen LogP contribution in [0, 0.1) is 5.82 Å². The predicted octanol–water partition coefficient (Wildman–Crippen LogP) is 9.23. The van der Waals surface area contributed by atoms with E-state index in [9.17, 15) is 35.5 Å². The van der Waals surface area contributed by atoms with Crippen molar-refractivity contribution in [2.24, 2.45) is 0 Å². The van der Waals surface area contributed by atoms with Crippen molar-refractivity contribution in [2.75, 3.05) is 13.1 Å². The smallest absolute Gasteiger partial charge is 0.416 e. The van der Waals surface area contributed by atoms with Crippen LogP contribution in [-0.2, 0) is 27.3 Å². The molecule has 2 aliphatic rings. The second-order valence-corrected chi connectivity index (χ2v) is 11.9. The molecule has 10 heteroatoms. The lowest BCUT2D eigenvalue weighted by atomic mass is 9.67. The van der Waals surface area contributed by atoms with Crippen molar-refractivity contribution in [3.05, 3.63) is 106 Å². The second kappa shape index (κ2) is 12.5. The van der Waals surface area contributed by atoms with Crippen LogP contribution in [0.1, 0.15) is 85.3 Å². The van der Waals surface area contributed by atoms with Gasteiger partial charge in [-0.05, 0) is 111 Å². The highest BCUT2D eigenvalue weighted by Crippen LogP contribution is 2.44. The summed E-state index contributed by atoms with van der Waals surface area (Å²) in [6.07, 6.45) is -7.25. The van der Waals surface area contributed by atoms with Gasteiger partial charge in [0.25, 0.3) is 0 Å². The van der Waals surface area contributed by atoms with Gasteiger partial charge < -0.3 is 9.64 Å². The van der Waals surface area contributed by atoms with Crippen LogP contribution < -0.4 is 0 Å². The fourth-order valence-electron chi connectivity index (χ4n) is 6.72. The number of rotatable bonds is 6. The van der Waals surface area contributed by atoms with Gasteiger partial charge in [0.2, 0.25) is 0 Å². The molecule has 2 fully saturated rings. The number of esters is 1. The lowest BCUT2D eigenvalue weighted by Gasteiger charge is -2.44. The van der Waals surface area contributed by atoms with Gasteiger partial charge in [0.15, 0.2) is 0 Å². The first-order valence-electron chi connectivity index (χ1n) is 14.8. The van der Waals surface area contributed by atoms with Gasteiger partial charge in [0.1, 0.15) is 11.9 Å². The number of benzene rings is 3. The van der Waals surface area contributed by atoms with E-state index in [4.69, 9.17) is 4.74 Å². The Bertz CT molecular complexity index is 1390. The molecule has 236 valence electrons. The molecule has 1 heterocycles. The minimum absolute atomic E-state index is 0.0627. The molecule has 1 aliphatic heterocycles. The molecule has 1 unspecified atom stereocenters. The third kappa shape index (κ3) is 6.95. The van der Waals surface area contributed by atoms with Gasteiger partial charge in [0.05, 0.1) is 16.5 Å². The van der Waals surface area contributed by atoms with E-state index in [-0.39, 0.29) is 23.5 Å². The third-order valence-corrected chi connectivity index (χ3v) is 9.28. The summed E-state index contributed by atoms with van der Waals surface area (Å²) in [5.74, 6) is -0.566. The number of hydrogen-bond acceptors (Lipinski definition) is 3. The Morgan fingerprint density at radius 2 is 1.36 bits per heavy atom. The predicted molar refractivity (Wildman–Crippen MR) is 151 cm³/mol. The molecule has 5 rings (SSSR count). The summed E-state index contributed by atoms with van der Waals surface area (Å²) < 4.78 is 99.8. The standard InChI is InChI=1S/C34H34F7NO2/c1-22(25-19-27(33(36,37)38)21-28(20-25)34(39,40)41)44-31(43)32(26-5-3-2-4-6-26)15-11-30(12-16-32)42-17-13-24(14-18-42)23-7-9-29(35)10-8-23/h2-10,19-22,24,30H,11-18H2,1H3/t22?,30-,32-. The molecule has 0 N–H and O–H groups in total. The molecule has 1 saturated carbocycles. The van der Waals surface area contributed by atoms with E-state index in [2.05, 4.69) is 4.90 Å². The van der Waals surface area contributed by atoms with Crippen LogP contribution in [0.4, 0.5) is 30.7 Å². The first-order chi connectivity index (χ1) is 20.8. The first-order valence-corrected chi connectivity index (χ1v) is 14.8. The van der Waals surface area contributed by atoms with Crippen molar-refractivity contribution in [3.8, 4) is 0 Å². The molecule has 3 aromatic carbocycles. The maximum absolute atomic E-state index is 13.9. The molecule has 44 heavy (non-hydrogen) atoms. The molecular weight excluding hydrogens is 587 g/mol. The molecule has 1 atom stereocenters. The minimum Gasteiger partial charge on any atom is -0.457 e. The number of alkyl halides is 6. The summed E-state index contributed by atoms with van der Waals surface area (Å²) >= 11 is 0. The van der Waals surface area contributed by atoms with Gasteiger partial charge in [-0.15, -0.1) is 0 Å². The first kappa shape index (κ1) is 32.0.